The number of aliphatic imine (C=N–C) groups is 1. The van der Waals surface area contributed by atoms with Gasteiger partial charge in [-0.25, -0.2) is 0 Å². The van der Waals surface area contributed by atoms with Gasteiger partial charge in [0.2, 0.25) is 5.91 Å². The van der Waals surface area contributed by atoms with Crippen LogP contribution in [0.5, 0.6) is 0 Å². The van der Waals surface area contributed by atoms with E-state index < -0.39 is 11.9 Å². The van der Waals surface area contributed by atoms with Gasteiger partial charge in [-0.05, 0) is 18.6 Å². The Morgan fingerprint density at radius 2 is 1.69 bits per heavy atom. The SMILES string of the molecule is Cn1cc(NC(=O)c2cc(NC(=O)[C@@H]3CCC(N)=N3)cn2C)cc1C(=O)NCCC(=N)N. The molecule has 1 aliphatic rings. The minimum Gasteiger partial charge on any atom is -0.388 e. The number of amidine groups is 2. The summed E-state index contributed by atoms with van der Waals surface area (Å²) in [5.41, 5.74) is 12.5. The zero-order valence-corrected chi connectivity index (χ0v) is 17.9. The maximum Gasteiger partial charge on any atom is 0.272 e. The summed E-state index contributed by atoms with van der Waals surface area (Å²) >= 11 is 0. The van der Waals surface area contributed by atoms with Gasteiger partial charge in [-0.3, -0.25) is 24.8 Å². The molecule has 0 radical (unpaired) electrons. The number of hydrogen-bond donors (Lipinski definition) is 6. The number of amides is 3. The molecule has 1 aliphatic heterocycles. The van der Waals surface area contributed by atoms with Crippen molar-refractivity contribution in [1.82, 2.24) is 14.5 Å². The van der Waals surface area contributed by atoms with Crippen molar-refractivity contribution in [3.05, 3.63) is 35.9 Å². The number of carbonyl (C=O) groups is 3. The fraction of sp³-hybridized carbons (Fsp3) is 0.350. The molecule has 12 nitrogen and oxygen atoms in total. The van der Waals surface area contributed by atoms with Crippen molar-refractivity contribution in [3.8, 4) is 0 Å². The second-order valence-electron chi connectivity index (χ2n) is 7.60. The summed E-state index contributed by atoms with van der Waals surface area (Å²) in [4.78, 5) is 41.4. The number of carbonyl (C=O) groups excluding carboxylic acids is 3. The number of rotatable bonds is 8. The van der Waals surface area contributed by atoms with Crippen molar-refractivity contribution in [2.75, 3.05) is 17.2 Å². The number of nitrogens with two attached hydrogens (primary N) is 2. The monoisotopic (exact) mass is 441 g/mol. The molecule has 170 valence electrons. The van der Waals surface area contributed by atoms with Crippen molar-refractivity contribution in [2.45, 2.75) is 25.3 Å². The van der Waals surface area contributed by atoms with Gasteiger partial charge >= 0.3 is 0 Å². The molecule has 8 N–H and O–H groups in total. The molecule has 2 aromatic rings. The molecular formula is C20H27N9O3. The number of aromatic nitrogens is 2. The van der Waals surface area contributed by atoms with Crippen molar-refractivity contribution < 1.29 is 14.4 Å². The van der Waals surface area contributed by atoms with E-state index in [1.165, 1.54) is 0 Å². The average Bonchev–Trinajstić information content (AvgIpc) is 3.40. The number of anilines is 2. The largest absolute Gasteiger partial charge is 0.388 e. The lowest BCUT2D eigenvalue weighted by molar-refractivity contribution is -0.117. The van der Waals surface area contributed by atoms with Crippen LogP contribution >= 0.6 is 0 Å². The maximum atomic E-state index is 12.7. The van der Waals surface area contributed by atoms with Gasteiger partial charge in [0.05, 0.1) is 23.0 Å². The Hall–Kier alpha value is -4.09. The molecule has 3 rings (SSSR count). The fourth-order valence-electron chi connectivity index (χ4n) is 3.34. The van der Waals surface area contributed by atoms with E-state index in [-0.39, 0.29) is 30.6 Å². The summed E-state index contributed by atoms with van der Waals surface area (Å²) in [5.74, 6) is -0.554. The molecule has 0 aromatic carbocycles. The Labute approximate surface area is 184 Å². The standard InChI is InChI=1S/C20H27N9O3/c1-28-10-12(7-14(28)19(31)24-6-5-16(21)22)26-20(32)15-8-11(9-29(15)2)25-18(30)13-3-4-17(23)27-13/h7-10,13H,3-6H2,1-2H3,(H3,21,22)(H2,23,27)(H,24,31)(H,25,30)(H,26,32)/t13-/m0/s1. The van der Waals surface area contributed by atoms with E-state index in [4.69, 9.17) is 16.9 Å². The number of nitrogens with one attached hydrogen (secondary N) is 4. The molecule has 3 amide bonds. The third-order valence-electron chi connectivity index (χ3n) is 4.98. The van der Waals surface area contributed by atoms with E-state index in [2.05, 4.69) is 20.9 Å². The van der Waals surface area contributed by atoms with Gasteiger partial charge in [-0.2, -0.15) is 0 Å². The van der Waals surface area contributed by atoms with E-state index in [1.807, 2.05) is 0 Å². The number of hydrogen-bond acceptors (Lipinski definition) is 6. The van der Waals surface area contributed by atoms with Gasteiger partial charge in [0.15, 0.2) is 0 Å². The van der Waals surface area contributed by atoms with Crippen LogP contribution in [0, 0.1) is 5.41 Å². The van der Waals surface area contributed by atoms with Crippen molar-refractivity contribution in [2.24, 2.45) is 30.6 Å². The second kappa shape index (κ2) is 9.37. The van der Waals surface area contributed by atoms with Crippen LogP contribution < -0.4 is 27.4 Å². The highest BCUT2D eigenvalue weighted by Gasteiger charge is 2.24. The predicted octanol–water partition coefficient (Wildman–Crippen LogP) is 0.130. The van der Waals surface area contributed by atoms with Gasteiger partial charge in [0.25, 0.3) is 11.8 Å². The number of nitrogens with zero attached hydrogens (tertiary/aromatic N) is 3. The molecule has 32 heavy (non-hydrogen) atoms. The van der Waals surface area contributed by atoms with E-state index in [1.54, 1.807) is 47.8 Å². The van der Waals surface area contributed by atoms with E-state index in [0.29, 0.717) is 41.4 Å². The minimum absolute atomic E-state index is 0.0108. The Morgan fingerprint density at radius 3 is 2.25 bits per heavy atom. The highest BCUT2D eigenvalue weighted by molar-refractivity contribution is 6.06. The zero-order valence-electron chi connectivity index (χ0n) is 17.9. The summed E-state index contributed by atoms with van der Waals surface area (Å²) < 4.78 is 3.18. The van der Waals surface area contributed by atoms with Gasteiger partial charge < -0.3 is 36.6 Å². The van der Waals surface area contributed by atoms with Crippen LogP contribution in [-0.2, 0) is 18.9 Å². The Morgan fingerprint density at radius 1 is 1.09 bits per heavy atom. The van der Waals surface area contributed by atoms with Crippen LogP contribution in [0.25, 0.3) is 0 Å². The third-order valence-corrected chi connectivity index (χ3v) is 4.98. The normalized spacial score (nSPS) is 15.2. The van der Waals surface area contributed by atoms with Crippen molar-refractivity contribution in [3.63, 3.8) is 0 Å². The van der Waals surface area contributed by atoms with Gasteiger partial charge in [-0.15, -0.1) is 0 Å². The van der Waals surface area contributed by atoms with Crippen molar-refractivity contribution in [1.29, 1.82) is 5.41 Å². The molecular weight excluding hydrogens is 414 g/mol. The van der Waals surface area contributed by atoms with E-state index in [0.717, 1.165) is 0 Å². The van der Waals surface area contributed by atoms with Gasteiger partial charge in [0, 0.05) is 45.9 Å². The molecule has 0 spiro atoms. The second-order valence-corrected chi connectivity index (χ2v) is 7.60. The molecule has 0 aliphatic carbocycles. The zero-order chi connectivity index (χ0) is 23.4. The summed E-state index contributed by atoms with van der Waals surface area (Å²) in [7, 11) is 3.37. The topological polar surface area (TPSA) is 185 Å². The third kappa shape index (κ3) is 5.33. The first-order valence-electron chi connectivity index (χ1n) is 10.0. The molecule has 0 bridgehead atoms. The molecule has 2 aromatic heterocycles. The molecule has 0 saturated heterocycles. The van der Waals surface area contributed by atoms with Crippen LogP contribution in [0.3, 0.4) is 0 Å². The van der Waals surface area contributed by atoms with Crippen LogP contribution in [-0.4, -0.2) is 51.1 Å². The summed E-state index contributed by atoms with van der Waals surface area (Å²) in [6, 6.07) is 2.60. The van der Waals surface area contributed by atoms with Crippen LogP contribution in [0.2, 0.25) is 0 Å². The molecule has 0 unspecified atom stereocenters. The highest BCUT2D eigenvalue weighted by atomic mass is 16.2. The maximum absolute atomic E-state index is 12.7. The van der Waals surface area contributed by atoms with Crippen LogP contribution in [0.4, 0.5) is 11.4 Å². The lowest BCUT2D eigenvalue weighted by Gasteiger charge is -2.06. The smallest absolute Gasteiger partial charge is 0.272 e. The molecule has 0 saturated carbocycles. The predicted molar refractivity (Wildman–Crippen MR) is 121 cm³/mol. The summed E-state index contributed by atoms with van der Waals surface area (Å²) in [6.07, 6.45) is 4.66. The molecule has 12 heteroatoms. The Balaban J connectivity index is 1.63. The number of aryl methyl sites for hydroxylation is 2. The first kappa shape index (κ1) is 22.6. The van der Waals surface area contributed by atoms with E-state index in [9.17, 15) is 14.4 Å². The van der Waals surface area contributed by atoms with Crippen LogP contribution in [0.15, 0.2) is 29.5 Å². The minimum atomic E-state index is -0.517. The molecule has 3 heterocycles. The molecule has 0 fully saturated rings. The lowest BCUT2D eigenvalue weighted by atomic mass is 10.2. The van der Waals surface area contributed by atoms with Crippen molar-refractivity contribution >= 4 is 40.8 Å². The Kier molecular flexibility index (Phi) is 6.61. The van der Waals surface area contributed by atoms with Crippen LogP contribution in [0.1, 0.15) is 40.2 Å². The fourth-order valence-corrected chi connectivity index (χ4v) is 3.34. The van der Waals surface area contributed by atoms with E-state index >= 15 is 0 Å². The lowest BCUT2D eigenvalue weighted by Crippen LogP contribution is -2.28. The first-order chi connectivity index (χ1) is 15.1. The average molecular weight is 441 g/mol. The highest BCUT2D eigenvalue weighted by Crippen LogP contribution is 2.19. The van der Waals surface area contributed by atoms with Gasteiger partial charge in [0.1, 0.15) is 17.4 Å². The summed E-state index contributed by atoms with van der Waals surface area (Å²) in [6.45, 7) is 0.248. The Bertz CT molecular complexity index is 1100. The van der Waals surface area contributed by atoms with Gasteiger partial charge in [-0.1, -0.05) is 0 Å². The quantitative estimate of drug-likeness (QED) is 0.251. The molecule has 1 atom stereocenters. The first-order valence-corrected chi connectivity index (χ1v) is 10.0. The summed E-state index contributed by atoms with van der Waals surface area (Å²) in [5, 5.41) is 15.4.